The molecule has 0 heterocycles. The smallest absolute Gasteiger partial charge is 0.215 e. The van der Waals surface area contributed by atoms with E-state index in [1.165, 1.54) is 12.1 Å². The zero-order chi connectivity index (χ0) is 10.4. The molecule has 0 aliphatic rings. The predicted octanol–water partition coefficient (Wildman–Crippen LogP) is 2.74. The summed E-state index contributed by atoms with van der Waals surface area (Å²) in [6.07, 6.45) is 0. The van der Waals surface area contributed by atoms with Gasteiger partial charge in [-0.05, 0) is 4.90 Å². The number of hydrogen-bond acceptors (Lipinski definition) is 2. The molecule has 2 aromatic carbocycles. The van der Waals surface area contributed by atoms with Crippen molar-refractivity contribution in [3.8, 4) is 0 Å². The second kappa shape index (κ2) is 6.85. The summed E-state index contributed by atoms with van der Waals surface area (Å²) in [7, 11) is 1.48. The summed E-state index contributed by atoms with van der Waals surface area (Å²) < 4.78 is 20.9. The van der Waals surface area contributed by atoms with Crippen LogP contribution in [0.25, 0.3) is 0 Å². The molecule has 0 fully saturated rings. The van der Waals surface area contributed by atoms with Crippen LogP contribution in [-0.4, -0.2) is 8.42 Å². The molecule has 0 amide bonds. The van der Waals surface area contributed by atoms with Gasteiger partial charge in [0.2, 0.25) is 9.05 Å². The summed E-state index contributed by atoms with van der Waals surface area (Å²) in [5.41, 5.74) is 0. The maximum Gasteiger partial charge on any atom is 0.215 e. The van der Waals surface area contributed by atoms with E-state index < -0.39 is 9.05 Å². The fourth-order valence-electron chi connectivity index (χ4n) is 0.840. The summed E-state index contributed by atoms with van der Waals surface area (Å²) in [6, 6.07) is 16.1. The molecule has 0 aromatic heterocycles. The first-order valence-corrected chi connectivity index (χ1v) is 6.25. The molecular weight excluding hydrogens is 275 g/mol. The average molecular weight is 285 g/mol. The van der Waals surface area contributed by atoms with Crippen LogP contribution in [0.5, 0.6) is 0 Å². The fraction of sp³-hybridized carbons (Fsp3) is 0. The Hall–Kier alpha value is -0.541. The minimum atomic E-state index is -3.49. The van der Waals surface area contributed by atoms with Crippen molar-refractivity contribution in [2.24, 2.45) is 0 Å². The number of hydrogen-bond donors (Lipinski definition) is 0. The van der Waals surface area contributed by atoms with Gasteiger partial charge in [0.15, 0.2) is 0 Å². The van der Waals surface area contributed by atoms with E-state index in [1.54, 1.807) is 12.1 Å². The van der Waals surface area contributed by atoms with Crippen LogP contribution in [0.4, 0.5) is 0 Å². The molecule has 0 radical (unpaired) electrons. The van der Waals surface area contributed by atoms with Gasteiger partial charge < -0.3 is 0 Å². The van der Waals surface area contributed by atoms with Crippen LogP contribution in [0.15, 0.2) is 59.5 Å². The van der Waals surface area contributed by atoms with Crippen molar-refractivity contribution in [1.82, 2.24) is 0 Å². The maximum atomic E-state index is 10.5. The molecule has 0 aliphatic heterocycles. The van der Waals surface area contributed by atoms with Crippen molar-refractivity contribution >= 4 is 19.7 Å². The third kappa shape index (κ3) is 5.80. The number of halogens is 1. The van der Waals surface area contributed by atoms with Crippen molar-refractivity contribution in [3.63, 3.8) is 0 Å². The molecule has 0 spiro atoms. The van der Waals surface area contributed by atoms with Gasteiger partial charge in [-0.25, -0.2) is 32.7 Å². The molecule has 0 atom stereocenters. The summed E-state index contributed by atoms with van der Waals surface area (Å²) in [6.45, 7) is 0. The zero-order valence-electron chi connectivity index (χ0n) is 7.65. The maximum absolute atomic E-state index is 10.5. The summed E-state index contributed by atoms with van der Waals surface area (Å²) >= 11 is 0. The van der Waals surface area contributed by atoms with Crippen LogP contribution < -0.4 is 0 Å². The first-order chi connectivity index (χ1) is 6.61. The topological polar surface area (TPSA) is 34.1 Å². The van der Waals surface area contributed by atoms with Crippen LogP contribution in [0.3, 0.4) is 0 Å². The van der Waals surface area contributed by atoms with Gasteiger partial charge in [-0.1, -0.05) is 0 Å². The van der Waals surface area contributed by atoms with E-state index in [9.17, 15) is 8.42 Å². The first-order valence-electron chi connectivity index (χ1n) is 3.94. The molecule has 0 N–H and O–H groups in total. The Morgan fingerprint density at radius 1 is 1.00 bits per heavy atom. The van der Waals surface area contributed by atoms with Crippen LogP contribution >= 0.6 is 10.7 Å². The van der Waals surface area contributed by atoms with E-state index in [-0.39, 0.29) is 22.0 Å². The molecule has 2 aromatic rings. The van der Waals surface area contributed by atoms with Gasteiger partial charge in [-0.3, -0.25) is 0 Å². The second-order valence-electron chi connectivity index (χ2n) is 2.52. The summed E-state index contributed by atoms with van der Waals surface area (Å²) in [5, 5.41) is 0. The second-order valence-corrected chi connectivity index (χ2v) is 5.09. The fourth-order valence-corrected chi connectivity index (χ4v) is 1.63. The van der Waals surface area contributed by atoms with Gasteiger partial charge in [0.25, 0.3) is 0 Å². The molecule has 15 heavy (non-hydrogen) atoms. The van der Waals surface area contributed by atoms with E-state index in [4.69, 9.17) is 10.7 Å². The normalized spacial score (nSPS) is 9.67. The Morgan fingerprint density at radius 2 is 1.47 bits per heavy atom. The van der Waals surface area contributed by atoms with Crippen molar-refractivity contribution < 1.29 is 25.5 Å². The van der Waals surface area contributed by atoms with E-state index in [0.717, 1.165) is 0 Å². The van der Waals surface area contributed by atoms with Gasteiger partial charge in [0, 0.05) is 27.8 Å². The Morgan fingerprint density at radius 3 is 1.67 bits per heavy atom. The Kier molecular flexibility index (Phi) is 6.61. The van der Waals surface area contributed by atoms with Crippen molar-refractivity contribution in [2.75, 3.05) is 0 Å². The van der Waals surface area contributed by atoms with Crippen LogP contribution in [0, 0.1) is 0 Å². The molecule has 0 unspecified atom stereocenters. The standard InChI is InChI=1S/C5H4ClO2S.C5H5.Fe/c6-9(7,8)5-3-1-2-4-5;1-2-4-5-3-1;/h1-4H;1-5H;/q2*-1;. The first kappa shape index (κ1) is 14.5. The average Bonchev–Trinajstić information content (AvgIpc) is 2.80. The van der Waals surface area contributed by atoms with Gasteiger partial charge in [-0.15, -0.1) is 0 Å². The molecule has 5 heteroatoms. The SMILES string of the molecule is O=S(=O)(Cl)[c-]1cccc1.[Fe].c1cc[cH-]c1. The van der Waals surface area contributed by atoms with Crippen molar-refractivity contribution in [3.05, 3.63) is 54.6 Å². The third-order valence-electron chi connectivity index (χ3n) is 1.47. The molecule has 84 valence electrons. The van der Waals surface area contributed by atoms with E-state index >= 15 is 0 Å². The van der Waals surface area contributed by atoms with Gasteiger partial charge in [0.05, 0.1) is 0 Å². The molecule has 0 bridgehead atoms. The molecule has 0 saturated carbocycles. The van der Waals surface area contributed by atoms with E-state index in [2.05, 4.69) is 0 Å². The zero-order valence-corrected chi connectivity index (χ0v) is 10.3. The largest absolute Gasteiger partial charge is 0.220 e. The Balaban J connectivity index is 0.000000280. The van der Waals surface area contributed by atoms with E-state index in [0.29, 0.717) is 0 Å². The molecule has 0 saturated heterocycles. The van der Waals surface area contributed by atoms with Crippen LogP contribution in [0.2, 0.25) is 0 Å². The summed E-state index contributed by atoms with van der Waals surface area (Å²) in [5.74, 6) is 0. The Bertz CT molecular complexity index is 415. The molecule has 2 nitrogen and oxygen atoms in total. The predicted molar refractivity (Wildman–Crippen MR) is 57.1 cm³/mol. The van der Waals surface area contributed by atoms with Crippen molar-refractivity contribution in [1.29, 1.82) is 0 Å². The Labute approximate surface area is 105 Å². The quantitative estimate of drug-likeness (QED) is 0.458. The van der Waals surface area contributed by atoms with Crippen LogP contribution in [-0.2, 0) is 26.1 Å². The van der Waals surface area contributed by atoms with Crippen molar-refractivity contribution in [2.45, 2.75) is 4.90 Å². The monoisotopic (exact) mass is 284 g/mol. The van der Waals surface area contributed by atoms with Gasteiger partial charge in [0.1, 0.15) is 0 Å². The molecule has 0 aliphatic carbocycles. The van der Waals surface area contributed by atoms with Gasteiger partial charge in [-0.2, -0.15) is 30.3 Å². The number of rotatable bonds is 1. The van der Waals surface area contributed by atoms with Gasteiger partial charge >= 0.3 is 0 Å². The molecular formula is C10H9ClFeO2S-2. The van der Waals surface area contributed by atoms with E-state index in [1.807, 2.05) is 30.3 Å². The minimum Gasteiger partial charge on any atom is -0.220 e. The third-order valence-corrected chi connectivity index (χ3v) is 2.84. The van der Waals surface area contributed by atoms with Crippen LogP contribution in [0.1, 0.15) is 0 Å². The molecule has 2 rings (SSSR count). The minimum absolute atomic E-state index is 0. The summed E-state index contributed by atoms with van der Waals surface area (Å²) in [4.78, 5) is 0.157.